The van der Waals surface area contributed by atoms with Crippen molar-refractivity contribution in [1.82, 2.24) is 15.4 Å². The molecule has 2 fully saturated rings. The number of amides is 1. The Hall–Kier alpha value is -1.43. The Bertz CT molecular complexity index is 378. The molecule has 2 heterocycles. The van der Waals surface area contributed by atoms with Crippen molar-refractivity contribution in [1.29, 1.82) is 0 Å². The molecule has 1 amide bonds. The van der Waals surface area contributed by atoms with Gasteiger partial charge in [-0.25, -0.2) is 0 Å². The van der Waals surface area contributed by atoms with Crippen molar-refractivity contribution in [3.05, 3.63) is 6.20 Å². The van der Waals surface area contributed by atoms with Gasteiger partial charge in [-0.05, 0) is 24.7 Å². The van der Waals surface area contributed by atoms with Crippen molar-refractivity contribution < 1.29 is 9.53 Å². The molecule has 2 N–H and O–H groups in total. The molecule has 0 aromatic carbocycles. The van der Waals surface area contributed by atoms with Crippen LogP contribution in [0, 0.1) is 11.8 Å². The van der Waals surface area contributed by atoms with E-state index >= 15 is 0 Å². The first-order valence-electron chi connectivity index (χ1n) is 5.63. The lowest BCUT2D eigenvalue weighted by Gasteiger charge is -2.15. The predicted octanol–water partition coefficient (Wildman–Crippen LogP) is 0.558. The number of nitrogens with one attached hydrogen (secondary N) is 2. The number of carbonyl (C=O) groups excluding carboxylic acids is 1. The third-order valence-electron chi connectivity index (χ3n) is 3.52. The van der Waals surface area contributed by atoms with Gasteiger partial charge in [-0.3, -0.25) is 4.79 Å². The largest absolute Gasteiger partial charge is 0.368 e. The minimum absolute atomic E-state index is 0.0942. The number of rotatable bonds is 2. The molecule has 0 unspecified atom stereocenters. The van der Waals surface area contributed by atoms with E-state index in [0.717, 1.165) is 13.0 Å². The van der Waals surface area contributed by atoms with E-state index in [1.165, 1.54) is 19.0 Å². The first kappa shape index (κ1) is 9.77. The molecule has 1 saturated carbocycles. The van der Waals surface area contributed by atoms with Crippen LogP contribution in [0.2, 0.25) is 0 Å². The fourth-order valence-corrected chi connectivity index (χ4v) is 2.75. The first-order valence-corrected chi connectivity index (χ1v) is 5.63. The number of ether oxygens (including phenoxy) is 1. The maximum atomic E-state index is 11.9. The van der Waals surface area contributed by atoms with E-state index in [1.807, 2.05) is 0 Å². The van der Waals surface area contributed by atoms with E-state index in [9.17, 15) is 4.79 Å². The second-order valence-corrected chi connectivity index (χ2v) is 4.45. The number of aromatic amines is 1. The number of fused-ring (bicyclic) bond motifs is 1. The molecule has 2 aliphatic rings. The van der Waals surface area contributed by atoms with Crippen molar-refractivity contribution in [2.75, 3.05) is 11.9 Å². The maximum absolute atomic E-state index is 11.9. The summed E-state index contributed by atoms with van der Waals surface area (Å²) in [6.45, 7) is 0.724. The van der Waals surface area contributed by atoms with Crippen LogP contribution >= 0.6 is 0 Å². The molecule has 1 aliphatic heterocycles. The average Bonchev–Trinajstić information content (AvgIpc) is 2.92. The lowest BCUT2D eigenvalue weighted by Crippen LogP contribution is -2.32. The molecule has 0 radical (unpaired) electrons. The lowest BCUT2D eigenvalue weighted by molar-refractivity contribution is -0.126. The van der Waals surface area contributed by atoms with Gasteiger partial charge < -0.3 is 10.1 Å². The van der Waals surface area contributed by atoms with Crippen LogP contribution in [0.15, 0.2) is 6.20 Å². The summed E-state index contributed by atoms with van der Waals surface area (Å²) in [5.74, 6) is 1.33. The molecular formula is C10H14N4O2. The van der Waals surface area contributed by atoms with Crippen LogP contribution in [0.4, 0.5) is 5.82 Å². The normalized spacial score (nSPS) is 32.6. The van der Waals surface area contributed by atoms with Gasteiger partial charge in [-0.1, -0.05) is 6.42 Å². The zero-order valence-electron chi connectivity index (χ0n) is 8.85. The average molecular weight is 222 g/mol. The Labute approximate surface area is 92.7 Å². The SMILES string of the molecule is O=C(Nc1cn[nH]n1)[C@@H]1OC[C@@H]2CCC[C@@H]21. The van der Waals surface area contributed by atoms with Crippen LogP contribution in [0.1, 0.15) is 19.3 Å². The Morgan fingerprint density at radius 1 is 1.56 bits per heavy atom. The summed E-state index contributed by atoms with van der Waals surface area (Å²) >= 11 is 0. The zero-order chi connectivity index (χ0) is 11.0. The molecule has 0 spiro atoms. The Morgan fingerprint density at radius 2 is 2.50 bits per heavy atom. The van der Waals surface area contributed by atoms with Gasteiger partial charge in [0.1, 0.15) is 6.10 Å². The third kappa shape index (κ3) is 1.59. The summed E-state index contributed by atoms with van der Waals surface area (Å²) in [5, 5.41) is 12.6. The van der Waals surface area contributed by atoms with Gasteiger partial charge in [0, 0.05) is 0 Å². The number of hydrogen-bond acceptors (Lipinski definition) is 4. The number of hydrogen-bond donors (Lipinski definition) is 2. The quantitative estimate of drug-likeness (QED) is 0.766. The predicted molar refractivity (Wildman–Crippen MR) is 55.6 cm³/mol. The topological polar surface area (TPSA) is 79.9 Å². The second-order valence-electron chi connectivity index (χ2n) is 4.45. The van der Waals surface area contributed by atoms with Crippen molar-refractivity contribution in [2.24, 2.45) is 11.8 Å². The third-order valence-corrected chi connectivity index (χ3v) is 3.52. The van der Waals surface area contributed by atoms with Crippen molar-refractivity contribution in [3.63, 3.8) is 0 Å². The van der Waals surface area contributed by atoms with E-state index in [1.54, 1.807) is 0 Å². The van der Waals surface area contributed by atoms with E-state index in [-0.39, 0.29) is 12.0 Å². The summed E-state index contributed by atoms with van der Waals surface area (Å²) in [7, 11) is 0. The van der Waals surface area contributed by atoms with Gasteiger partial charge in [0.2, 0.25) is 0 Å². The molecule has 16 heavy (non-hydrogen) atoms. The van der Waals surface area contributed by atoms with Gasteiger partial charge in [0.25, 0.3) is 5.91 Å². The number of carbonyl (C=O) groups is 1. The van der Waals surface area contributed by atoms with Crippen molar-refractivity contribution >= 4 is 11.7 Å². The van der Waals surface area contributed by atoms with E-state index < -0.39 is 0 Å². The van der Waals surface area contributed by atoms with Crippen LogP contribution in [0.5, 0.6) is 0 Å². The minimum atomic E-state index is -0.302. The van der Waals surface area contributed by atoms with Gasteiger partial charge >= 0.3 is 0 Å². The molecule has 6 heteroatoms. The zero-order valence-corrected chi connectivity index (χ0v) is 8.85. The summed E-state index contributed by atoms with van der Waals surface area (Å²) in [5.41, 5.74) is 0. The van der Waals surface area contributed by atoms with Crippen molar-refractivity contribution in [2.45, 2.75) is 25.4 Å². The maximum Gasteiger partial charge on any atom is 0.255 e. The molecule has 1 saturated heterocycles. The van der Waals surface area contributed by atoms with E-state index in [0.29, 0.717) is 17.7 Å². The van der Waals surface area contributed by atoms with Crippen LogP contribution in [-0.2, 0) is 9.53 Å². The highest BCUT2D eigenvalue weighted by Crippen LogP contribution is 2.40. The Kier molecular flexibility index (Phi) is 2.36. The van der Waals surface area contributed by atoms with Gasteiger partial charge in [-0.2, -0.15) is 10.3 Å². The molecule has 3 atom stereocenters. The molecular weight excluding hydrogens is 208 g/mol. The lowest BCUT2D eigenvalue weighted by atomic mass is 9.94. The second kappa shape index (κ2) is 3.86. The highest BCUT2D eigenvalue weighted by Gasteiger charge is 2.43. The molecule has 6 nitrogen and oxygen atoms in total. The number of H-pyrrole nitrogens is 1. The van der Waals surface area contributed by atoms with Gasteiger partial charge in [0.15, 0.2) is 5.82 Å². The molecule has 86 valence electrons. The monoisotopic (exact) mass is 222 g/mol. The fraction of sp³-hybridized carbons (Fsp3) is 0.700. The van der Waals surface area contributed by atoms with Crippen LogP contribution in [-0.4, -0.2) is 34.0 Å². The number of anilines is 1. The molecule has 3 rings (SSSR count). The first-order chi connectivity index (χ1) is 7.84. The summed E-state index contributed by atoms with van der Waals surface area (Å²) in [6, 6.07) is 0. The molecule has 0 bridgehead atoms. The minimum Gasteiger partial charge on any atom is -0.368 e. The van der Waals surface area contributed by atoms with Crippen LogP contribution in [0.3, 0.4) is 0 Å². The standard InChI is InChI=1S/C10H14N4O2/c15-10(12-8-4-11-14-13-8)9-7-3-1-2-6(7)5-16-9/h4,6-7,9H,1-3,5H2,(H2,11,12,13,14,15)/t6-,7-,9+/m0/s1. The van der Waals surface area contributed by atoms with Crippen LogP contribution in [0.25, 0.3) is 0 Å². The Balaban J connectivity index is 1.67. The summed E-state index contributed by atoms with van der Waals surface area (Å²) in [6.07, 6.45) is 4.69. The van der Waals surface area contributed by atoms with Crippen LogP contribution < -0.4 is 5.32 Å². The summed E-state index contributed by atoms with van der Waals surface area (Å²) in [4.78, 5) is 11.9. The molecule has 1 aromatic rings. The molecule has 1 aromatic heterocycles. The Morgan fingerprint density at radius 3 is 3.31 bits per heavy atom. The number of nitrogens with zero attached hydrogens (tertiary/aromatic N) is 2. The summed E-state index contributed by atoms with van der Waals surface area (Å²) < 4.78 is 5.56. The molecule has 1 aliphatic carbocycles. The van der Waals surface area contributed by atoms with Crippen molar-refractivity contribution in [3.8, 4) is 0 Å². The van der Waals surface area contributed by atoms with E-state index in [4.69, 9.17) is 4.74 Å². The van der Waals surface area contributed by atoms with Gasteiger partial charge in [-0.15, -0.1) is 5.10 Å². The fourth-order valence-electron chi connectivity index (χ4n) is 2.75. The highest BCUT2D eigenvalue weighted by molar-refractivity contribution is 5.93. The number of aromatic nitrogens is 3. The van der Waals surface area contributed by atoms with E-state index in [2.05, 4.69) is 20.7 Å². The van der Waals surface area contributed by atoms with Gasteiger partial charge in [0.05, 0.1) is 12.8 Å². The smallest absolute Gasteiger partial charge is 0.255 e. The highest BCUT2D eigenvalue weighted by atomic mass is 16.5.